The first kappa shape index (κ1) is 10.7. The van der Waals surface area contributed by atoms with Gasteiger partial charge in [-0.25, -0.2) is 4.52 Å². The molecule has 0 radical (unpaired) electrons. The number of carbonyl (C=O) groups is 1. The summed E-state index contributed by atoms with van der Waals surface area (Å²) in [6.45, 7) is 4.13. The van der Waals surface area contributed by atoms with Gasteiger partial charge in [-0.2, -0.15) is 5.10 Å². The van der Waals surface area contributed by atoms with Crippen molar-refractivity contribution in [3.8, 4) is 5.88 Å². The van der Waals surface area contributed by atoms with E-state index >= 15 is 0 Å². The fourth-order valence-electron chi connectivity index (χ4n) is 1.63. The molecule has 0 atom stereocenters. The number of hydrogen-bond donors (Lipinski definition) is 0. The van der Waals surface area contributed by atoms with Crippen LogP contribution in [0.2, 0.25) is 0 Å². The molecule has 16 heavy (non-hydrogen) atoms. The van der Waals surface area contributed by atoms with Gasteiger partial charge in [0, 0.05) is 11.6 Å². The van der Waals surface area contributed by atoms with Crippen LogP contribution in [0.25, 0.3) is 5.52 Å². The quantitative estimate of drug-likeness (QED) is 0.742. The van der Waals surface area contributed by atoms with E-state index in [0.29, 0.717) is 17.4 Å². The predicted molar refractivity (Wildman–Crippen MR) is 61.2 cm³/mol. The number of aldehydes is 1. The van der Waals surface area contributed by atoms with E-state index in [1.807, 2.05) is 6.07 Å². The SMILES string of the molecule is COc1ccc(C=O)c2cc(C(C)C)nn12. The molecule has 0 fully saturated rings. The molecule has 0 amide bonds. The van der Waals surface area contributed by atoms with Crippen molar-refractivity contribution in [1.82, 2.24) is 9.61 Å². The second-order valence-electron chi connectivity index (χ2n) is 3.97. The van der Waals surface area contributed by atoms with E-state index in [4.69, 9.17) is 4.74 Å². The fourth-order valence-corrected chi connectivity index (χ4v) is 1.63. The number of nitrogens with zero attached hydrogens (tertiary/aromatic N) is 2. The van der Waals surface area contributed by atoms with E-state index in [-0.39, 0.29) is 0 Å². The molecule has 4 heteroatoms. The highest BCUT2D eigenvalue weighted by atomic mass is 16.5. The van der Waals surface area contributed by atoms with Gasteiger partial charge in [0.1, 0.15) is 0 Å². The summed E-state index contributed by atoms with van der Waals surface area (Å²) in [6, 6.07) is 5.41. The van der Waals surface area contributed by atoms with Crippen LogP contribution in [0.4, 0.5) is 0 Å². The molecule has 2 aromatic rings. The van der Waals surface area contributed by atoms with Gasteiger partial charge in [-0.15, -0.1) is 0 Å². The smallest absolute Gasteiger partial charge is 0.214 e. The van der Waals surface area contributed by atoms with Crippen molar-refractivity contribution in [2.75, 3.05) is 7.11 Å². The molecule has 0 aliphatic heterocycles. The average molecular weight is 218 g/mol. The van der Waals surface area contributed by atoms with Crippen molar-refractivity contribution < 1.29 is 9.53 Å². The second-order valence-corrected chi connectivity index (χ2v) is 3.97. The second kappa shape index (κ2) is 3.96. The summed E-state index contributed by atoms with van der Waals surface area (Å²) < 4.78 is 6.87. The Morgan fingerprint density at radius 2 is 2.19 bits per heavy atom. The molecule has 84 valence electrons. The minimum atomic E-state index is 0.323. The molecule has 0 saturated carbocycles. The first-order valence-electron chi connectivity index (χ1n) is 5.19. The Morgan fingerprint density at radius 1 is 1.44 bits per heavy atom. The Hall–Kier alpha value is -1.84. The Labute approximate surface area is 93.8 Å². The van der Waals surface area contributed by atoms with Gasteiger partial charge in [-0.05, 0) is 18.1 Å². The zero-order chi connectivity index (χ0) is 11.7. The molecule has 0 saturated heterocycles. The van der Waals surface area contributed by atoms with E-state index in [2.05, 4.69) is 18.9 Å². The number of methoxy groups -OCH3 is 1. The molecule has 2 aromatic heterocycles. The van der Waals surface area contributed by atoms with Crippen molar-refractivity contribution in [2.45, 2.75) is 19.8 Å². The van der Waals surface area contributed by atoms with Crippen LogP contribution in [0.3, 0.4) is 0 Å². The van der Waals surface area contributed by atoms with E-state index in [9.17, 15) is 4.79 Å². The molecule has 0 aromatic carbocycles. The minimum Gasteiger partial charge on any atom is -0.481 e. The molecule has 2 rings (SSSR count). The lowest BCUT2D eigenvalue weighted by Gasteiger charge is -2.03. The van der Waals surface area contributed by atoms with E-state index in [1.165, 1.54) is 0 Å². The van der Waals surface area contributed by atoms with Gasteiger partial charge >= 0.3 is 0 Å². The lowest BCUT2D eigenvalue weighted by molar-refractivity contribution is 0.112. The molecule has 0 unspecified atom stereocenters. The Morgan fingerprint density at radius 3 is 2.75 bits per heavy atom. The highest BCUT2D eigenvalue weighted by Crippen LogP contribution is 2.22. The van der Waals surface area contributed by atoms with Crippen LogP contribution < -0.4 is 4.74 Å². The fraction of sp³-hybridized carbons (Fsp3) is 0.333. The van der Waals surface area contributed by atoms with Gasteiger partial charge in [0.2, 0.25) is 5.88 Å². The molecule has 2 heterocycles. The number of hydrogen-bond acceptors (Lipinski definition) is 3. The summed E-state index contributed by atoms with van der Waals surface area (Å²) in [5.41, 5.74) is 2.37. The summed E-state index contributed by atoms with van der Waals surface area (Å²) in [4.78, 5) is 10.9. The van der Waals surface area contributed by atoms with Gasteiger partial charge in [0.05, 0.1) is 18.3 Å². The Kier molecular flexibility index (Phi) is 2.64. The molecular formula is C12H14N2O2. The van der Waals surface area contributed by atoms with Gasteiger partial charge in [0.25, 0.3) is 0 Å². The number of aromatic nitrogens is 2. The number of ether oxygens (including phenoxy) is 1. The van der Waals surface area contributed by atoms with Crippen molar-refractivity contribution in [3.63, 3.8) is 0 Å². The minimum absolute atomic E-state index is 0.323. The summed E-state index contributed by atoms with van der Waals surface area (Å²) in [6.07, 6.45) is 0.834. The van der Waals surface area contributed by atoms with Gasteiger partial charge in [-0.3, -0.25) is 4.79 Å². The zero-order valence-electron chi connectivity index (χ0n) is 9.60. The monoisotopic (exact) mass is 218 g/mol. The van der Waals surface area contributed by atoms with E-state index < -0.39 is 0 Å². The van der Waals surface area contributed by atoms with Crippen LogP contribution in [0, 0.1) is 0 Å². The maximum absolute atomic E-state index is 10.9. The van der Waals surface area contributed by atoms with Crippen molar-refractivity contribution in [3.05, 3.63) is 29.5 Å². The summed E-state index contributed by atoms with van der Waals surface area (Å²) in [5.74, 6) is 0.955. The first-order valence-corrected chi connectivity index (χ1v) is 5.19. The zero-order valence-corrected chi connectivity index (χ0v) is 9.60. The van der Waals surface area contributed by atoms with Crippen LogP contribution >= 0.6 is 0 Å². The van der Waals surface area contributed by atoms with Crippen LogP contribution in [-0.4, -0.2) is 23.0 Å². The standard InChI is InChI=1S/C12H14N2O2/c1-8(2)10-6-11-9(7-15)4-5-12(16-3)14(11)13-10/h4-8H,1-3H3. The molecule has 0 N–H and O–H groups in total. The Balaban J connectivity index is 2.75. The van der Waals surface area contributed by atoms with Gasteiger partial charge in [-0.1, -0.05) is 13.8 Å². The van der Waals surface area contributed by atoms with Gasteiger partial charge in [0.15, 0.2) is 6.29 Å². The number of carbonyl (C=O) groups excluding carboxylic acids is 1. The number of pyridine rings is 1. The molecule has 0 bridgehead atoms. The third-order valence-corrected chi connectivity index (χ3v) is 2.57. The summed E-state index contributed by atoms with van der Waals surface area (Å²) in [7, 11) is 1.59. The third-order valence-electron chi connectivity index (χ3n) is 2.57. The van der Waals surface area contributed by atoms with Crippen molar-refractivity contribution >= 4 is 11.8 Å². The highest BCUT2D eigenvalue weighted by molar-refractivity contribution is 5.86. The average Bonchev–Trinajstić information content (AvgIpc) is 2.72. The summed E-state index contributed by atoms with van der Waals surface area (Å²) >= 11 is 0. The maximum Gasteiger partial charge on any atom is 0.214 e. The number of rotatable bonds is 3. The largest absolute Gasteiger partial charge is 0.481 e. The molecule has 0 spiro atoms. The van der Waals surface area contributed by atoms with Crippen LogP contribution in [0.15, 0.2) is 18.2 Å². The van der Waals surface area contributed by atoms with Crippen LogP contribution in [0.1, 0.15) is 35.8 Å². The predicted octanol–water partition coefficient (Wildman–Crippen LogP) is 2.28. The van der Waals surface area contributed by atoms with Crippen molar-refractivity contribution in [1.29, 1.82) is 0 Å². The Bertz CT molecular complexity index is 529. The number of fused-ring (bicyclic) bond motifs is 1. The van der Waals surface area contributed by atoms with Crippen LogP contribution in [-0.2, 0) is 0 Å². The molecular weight excluding hydrogens is 204 g/mol. The maximum atomic E-state index is 10.9. The molecule has 0 aliphatic carbocycles. The normalized spacial score (nSPS) is 11.0. The third kappa shape index (κ3) is 1.56. The topological polar surface area (TPSA) is 43.6 Å². The lowest BCUT2D eigenvalue weighted by Crippen LogP contribution is -1.98. The highest BCUT2D eigenvalue weighted by Gasteiger charge is 2.11. The molecule has 0 aliphatic rings. The summed E-state index contributed by atoms with van der Waals surface area (Å²) in [5, 5.41) is 4.42. The molecule has 4 nitrogen and oxygen atoms in total. The van der Waals surface area contributed by atoms with Crippen molar-refractivity contribution in [2.24, 2.45) is 0 Å². The first-order chi connectivity index (χ1) is 7.67. The van der Waals surface area contributed by atoms with E-state index in [0.717, 1.165) is 17.5 Å². The van der Waals surface area contributed by atoms with E-state index in [1.54, 1.807) is 23.8 Å². The lowest BCUT2D eigenvalue weighted by atomic mass is 10.1. The van der Waals surface area contributed by atoms with Crippen LogP contribution in [0.5, 0.6) is 5.88 Å². The van der Waals surface area contributed by atoms with Gasteiger partial charge < -0.3 is 4.74 Å².